The number of hydrogen-bond donors (Lipinski definition) is 1. The molecule has 1 N–H and O–H groups in total. The molecule has 0 aliphatic heterocycles. The molecule has 2 aromatic heterocycles. The number of anilines is 1. The second-order valence-electron chi connectivity index (χ2n) is 6.92. The molecule has 5 nitrogen and oxygen atoms in total. The second kappa shape index (κ2) is 9.39. The molecule has 0 aliphatic carbocycles. The van der Waals surface area contributed by atoms with Crippen molar-refractivity contribution in [2.24, 2.45) is 0 Å². The minimum atomic E-state index is -0.0974. The first kappa shape index (κ1) is 20.6. The highest BCUT2D eigenvalue weighted by Gasteiger charge is 2.15. The van der Waals surface area contributed by atoms with E-state index in [9.17, 15) is 9.59 Å². The lowest BCUT2D eigenvalue weighted by atomic mass is 10.0. The van der Waals surface area contributed by atoms with Gasteiger partial charge >= 0.3 is 0 Å². The molecule has 0 radical (unpaired) electrons. The maximum Gasteiger partial charge on any atom is 0.272 e. The van der Waals surface area contributed by atoms with Crippen LogP contribution in [0.2, 0.25) is 0 Å². The highest BCUT2D eigenvalue weighted by molar-refractivity contribution is 7.99. The summed E-state index contributed by atoms with van der Waals surface area (Å²) in [5.74, 6) is 0.437. The largest absolute Gasteiger partial charge is 0.325 e. The first-order chi connectivity index (χ1) is 13.5. The van der Waals surface area contributed by atoms with Gasteiger partial charge < -0.3 is 5.32 Å². The van der Waals surface area contributed by atoms with E-state index in [4.69, 9.17) is 0 Å². The van der Waals surface area contributed by atoms with Crippen LogP contribution in [0.3, 0.4) is 0 Å². The molecule has 1 aromatic carbocycles. The van der Waals surface area contributed by atoms with Crippen molar-refractivity contribution in [1.29, 1.82) is 0 Å². The first-order valence-corrected chi connectivity index (χ1v) is 11.4. The molecule has 0 fully saturated rings. The van der Waals surface area contributed by atoms with Crippen LogP contribution in [-0.2, 0) is 11.3 Å². The Kier molecular flexibility index (Phi) is 6.91. The standard InChI is InChI=1S/C21H25N3O2S2/c1-4-5-11-24-20(26)19-17(10-12-27-19)23-21(24)28-13-18(25)22-16-9-7-6-8-15(16)14(2)3/h6-10,12,14H,4-5,11,13H2,1-3H3,(H,22,25). The summed E-state index contributed by atoms with van der Waals surface area (Å²) >= 11 is 2.73. The third-order valence-electron chi connectivity index (χ3n) is 4.46. The van der Waals surface area contributed by atoms with Crippen molar-refractivity contribution < 1.29 is 4.79 Å². The Balaban J connectivity index is 1.77. The van der Waals surface area contributed by atoms with E-state index in [-0.39, 0.29) is 17.2 Å². The smallest absolute Gasteiger partial charge is 0.272 e. The van der Waals surface area contributed by atoms with Gasteiger partial charge in [0, 0.05) is 12.2 Å². The van der Waals surface area contributed by atoms with E-state index < -0.39 is 0 Å². The summed E-state index contributed by atoms with van der Waals surface area (Å²) in [5.41, 5.74) is 2.64. The highest BCUT2D eigenvalue weighted by Crippen LogP contribution is 2.25. The van der Waals surface area contributed by atoms with E-state index in [1.54, 1.807) is 4.57 Å². The number of amides is 1. The zero-order valence-electron chi connectivity index (χ0n) is 16.4. The number of nitrogens with zero attached hydrogens (tertiary/aromatic N) is 2. The number of rotatable bonds is 8. The Morgan fingerprint density at radius 3 is 2.82 bits per heavy atom. The van der Waals surface area contributed by atoms with Gasteiger partial charge in [-0.25, -0.2) is 4.98 Å². The van der Waals surface area contributed by atoms with Crippen LogP contribution in [0.4, 0.5) is 5.69 Å². The predicted molar refractivity (Wildman–Crippen MR) is 119 cm³/mol. The molecule has 0 saturated carbocycles. The van der Waals surface area contributed by atoms with Crippen molar-refractivity contribution in [1.82, 2.24) is 9.55 Å². The molecule has 0 bridgehead atoms. The molecule has 28 heavy (non-hydrogen) atoms. The summed E-state index contributed by atoms with van der Waals surface area (Å²) in [6.45, 7) is 6.92. The summed E-state index contributed by atoms with van der Waals surface area (Å²) in [7, 11) is 0. The van der Waals surface area contributed by atoms with E-state index >= 15 is 0 Å². The van der Waals surface area contributed by atoms with Crippen LogP contribution in [0.25, 0.3) is 10.2 Å². The number of carbonyl (C=O) groups is 1. The van der Waals surface area contributed by atoms with Gasteiger partial charge in [-0.3, -0.25) is 14.2 Å². The topological polar surface area (TPSA) is 64.0 Å². The van der Waals surface area contributed by atoms with Crippen molar-refractivity contribution in [3.05, 3.63) is 51.6 Å². The number of nitrogens with one attached hydrogen (secondary N) is 1. The summed E-state index contributed by atoms with van der Waals surface area (Å²) in [6, 6.07) is 9.70. The number of aromatic nitrogens is 2. The Bertz CT molecular complexity index is 1020. The average molecular weight is 416 g/mol. The van der Waals surface area contributed by atoms with Gasteiger partial charge in [0.2, 0.25) is 5.91 Å². The van der Waals surface area contributed by atoms with Gasteiger partial charge in [-0.1, -0.05) is 57.2 Å². The van der Waals surface area contributed by atoms with E-state index in [1.165, 1.54) is 23.1 Å². The Morgan fingerprint density at radius 2 is 2.07 bits per heavy atom. The van der Waals surface area contributed by atoms with Crippen LogP contribution >= 0.6 is 23.1 Å². The van der Waals surface area contributed by atoms with Crippen molar-refractivity contribution in [3.63, 3.8) is 0 Å². The van der Waals surface area contributed by atoms with Gasteiger partial charge in [-0.15, -0.1) is 11.3 Å². The van der Waals surface area contributed by atoms with E-state index in [0.29, 0.717) is 27.8 Å². The van der Waals surface area contributed by atoms with Crippen LogP contribution in [0, 0.1) is 0 Å². The molecule has 148 valence electrons. The number of para-hydroxylation sites is 1. The van der Waals surface area contributed by atoms with E-state index in [1.807, 2.05) is 35.7 Å². The number of thioether (sulfide) groups is 1. The van der Waals surface area contributed by atoms with Gasteiger partial charge in [-0.05, 0) is 35.4 Å². The monoisotopic (exact) mass is 415 g/mol. The molecule has 0 aliphatic rings. The fraction of sp³-hybridized carbons (Fsp3) is 0.381. The lowest BCUT2D eigenvalue weighted by molar-refractivity contribution is -0.113. The van der Waals surface area contributed by atoms with Crippen LogP contribution in [0.1, 0.15) is 45.1 Å². The third kappa shape index (κ3) is 4.64. The SMILES string of the molecule is CCCCn1c(SCC(=O)Nc2ccccc2C(C)C)nc2ccsc2c1=O. The number of hydrogen-bond acceptors (Lipinski definition) is 5. The summed E-state index contributed by atoms with van der Waals surface area (Å²) in [4.78, 5) is 30.0. The molecule has 3 rings (SSSR count). The van der Waals surface area contributed by atoms with Gasteiger partial charge in [-0.2, -0.15) is 0 Å². The van der Waals surface area contributed by atoms with Crippen molar-refractivity contribution in [2.75, 3.05) is 11.1 Å². The maximum atomic E-state index is 12.8. The number of unbranched alkanes of at least 4 members (excludes halogenated alkanes) is 1. The molecule has 0 unspecified atom stereocenters. The number of benzene rings is 1. The summed E-state index contributed by atoms with van der Waals surface area (Å²) in [5, 5.41) is 5.49. The van der Waals surface area contributed by atoms with Gasteiger partial charge in [0.25, 0.3) is 5.56 Å². The van der Waals surface area contributed by atoms with Crippen molar-refractivity contribution >= 4 is 44.9 Å². The molecule has 2 heterocycles. The fourth-order valence-corrected chi connectivity index (χ4v) is 4.58. The number of carbonyl (C=O) groups excluding carboxylic acids is 1. The van der Waals surface area contributed by atoms with E-state index in [2.05, 4.69) is 31.1 Å². The quantitative estimate of drug-likeness (QED) is 0.410. The molecular weight excluding hydrogens is 390 g/mol. The lowest BCUT2D eigenvalue weighted by Gasteiger charge is -2.14. The van der Waals surface area contributed by atoms with Gasteiger partial charge in [0.05, 0.1) is 11.3 Å². The molecule has 7 heteroatoms. The molecule has 0 atom stereocenters. The minimum Gasteiger partial charge on any atom is -0.325 e. The maximum absolute atomic E-state index is 12.8. The summed E-state index contributed by atoms with van der Waals surface area (Å²) in [6.07, 6.45) is 1.89. The third-order valence-corrected chi connectivity index (χ3v) is 6.32. The predicted octanol–water partition coefficient (Wildman–Crippen LogP) is 5.11. The van der Waals surface area contributed by atoms with Gasteiger partial charge in [0.1, 0.15) is 4.70 Å². The van der Waals surface area contributed by atoms with Crippen molar-refractivity contribution in [3.8, 4) is 0 Å². The zero-order chi connectivity index (χ0) is 20.1. The lowest BCUT2D eigenvalue weighted by Crippen LogP contribution is -2.23. The zero-order valence-corrected chi connectivity index (χ0v) is 18.0. The molecular formula is C21H25N3O2S2. The molecule has 0 saturated heterocycles. The van der Waals surface area contributed by atoms with Crippen LogP contribution in [0.5, 0.6) is 0 Å². The van der Waals surface area contributed by atoms with E-state index in [0.717, 1.165) is 24.1 Å². The van der Waals surface area contributed by atoms with Crippen LogP contribution in [-0.4, -0.2) is 21.2 Å². The Labute approximate surface area is 173 Å². The Morgan fingerprint density at radius 1 is 1.29 bits per heavy atom. The highest BCUT2D eigenvalue weighted by atomic mass is 32.2. The Hall–Kier alpha value is -2.12. The molecule has 0 spiro atoms. The molecule has 1 amide bonds. The van der Waals surface area contributed by atoms with Crippen LogP contribution < -0.4 is 10.9 Å². The molecule has 3 aromatic rings. The normalized spacial score (nSPS) is 11.3. The second-order valence-corrected chi connectivity index (χ2v) is 8.78. The average Bonchev–Trinajstić information content (AvgIpc) is 3.15. The minimum absolute atomic E-state index is 0.0125. The van der Waals surface area contributed by atoms with Crippen LogP contribution in [0.15, 0.2) is 45.7 Å². The first-order valence-electron chi connectivity index (χ1n) is 9.50. The fourth-order valence-electron chi connectivity index (χ4n) is 2.98. The number of fused-ring (bicyclic) bond motifs is 1. The summed E-state index contributed by atoms with van der Waals surface area (Å²) < 4.78 is 2.39. The number of thiophene rings is 1. The van der Waals surface area contributed by atoms with Gasteiger partial charge in [0.15, 0.2) is 5.16 Å². The van der Waals surface area contributed by atoms with Crippen molar-refractivity contribution in [2.45, 2.75) is 51.2 Å².